The summed E-state index contributed by atoms with van der Waals surface area (Å²) in [5.41, 5.74) is 1.19. The van der Waals surface area contributed by atoms with Gasteiger partial charge in [0, 0.05) is 38.3 Å². The molecular formula is C29H32FN3O6. The van der Waals surface area contributed by atoms with E-state index in [1.807, 2.05) is 19.1 Å². The number of nitrogens with zero attached hydrogens (tertiary/aromatic N) is 3. The van der Waals surface area contributed by atoms with Gasteiger partial charge in [0.1, 0.15) is 23.9 Å². The van der Waals surface area contributed by atoms with E-state index in [4.69, 9.17) is 18.6 Å². The summed E-state index contributed by atoms with van der Waals surface area (Å²) in [5, 5.41) is 0. The first-order valence-corrected chi connectivity index (χ1v) is 13.0. The van der Waals surface area contributed by atoms with Crippen molar-refractivity contribution in [3.05, 3.63) is 83.1 Å². The molecule has 1 fully saturated rings. The van der Waals surface area contributed by atoms with Gasteiger partial charge in [-0.15, -0.1) is 0 Å². The molecule has 39 heavy (non-hydrogen) atoms. The summed E-state index contributed by atoms with van der Waals surface area (Å²) in [6.45, 7) is 6.09. The summed E-state index contributed by atoms with van der Waals surface area (Å²) >= 11 is 0. The molecule has 2 amide bonds. The fourth-order valence-electron chi connectivity index (χ4n) is 4.62. The summed E-state index contributed by atoms with van der Waals surface area (Å²) in [5.74, 6) is 1.60. The minimum absolute atomic E-state index is 0.108. The van der Waals surface area contributed by atoms with Crippen LogP contribution in [0.3, 0.4) is 0 Å². The van der Waals surface area contributed by atoms with Gasteiger partial charge in [0.2, 0.25) is 12.7 Å². The first-order valence-electron chi connectivity index (χ1n) is 13.0. The zero-order valence-electron chi connectivity index (χ0n) is 21.9. The molecule has 0 unspecified atom stereocenters. The summed E-state index contributed by atoms with van der Waals surface area (Å²) in [7, 11) is 0. The number of hydrogen-bond donors (Lipinski definition) is 0. The van der Waals surface area contributed by atoms with Crippen molar-refractivity contribution in [1.29, 1.82) is 0 Å². The molecule has 10 heteroatoms. The Labute approximate surface area is 226 Å². The molecule has 0 aliphatic carbocycles. The Balaban J connectivity index is 1.35. The number of ether oxygens (including phenoxy) is 3. The van der Waals surface area contributed by atoms with Gasteiger partial charge >= 0.3 is 0 Å². The second-order valence-electron chi connectivity index (χ2n) is 9.64. The molecule has 0 bridgehead atoms. The lowest BCUT2D eigenvalue weighted by molar-refractivity contribution is -0.133. The normalized spacial score (nSPS) is 14.8. The van der Waals surface area contributed by atoms with Crippen molar-refractivity contribution in [3.8, 4) is 11.5 Å². The fraction of sp³-hybridized carbons (Fsp3) is 0.379. The first-order chi connectivity index (χ1) is 18.9. The van der Waals surface area contributed by atoms with Crippen LogP contribution >= 0.6 is 0 Å². The number of rotatable bonds is 10. The third kappa shape index (κ3) is 6.96. The van der Waals surface area contributed by atoms with E-state index in [1.54, 1.807) is 40.1 Å². The van der Waals surface area contributed by atoms with Crippen molar-refractivity contribution in [1.82, 2.24) is 14.7 Å². The van der Waals surface area contributed by atoms with Crippen LogP contribution in [0.25, 0.3) is 0 Å². The summed E-state index contributed by atoms with van der Waals surface area (Å²) < 4.78 is 35.5. The van der Waals surface area contributed by atoms with Gasteiger partial charge in [-0.05, 0) is 55.0 Å². The monoisotopic (exact) mass is 537 g/mol. The topological polar surface area (TPSA) is 84.7 Å². The lowest BCUT2D eigenvalue weighted by Gasteiger charge is -2.31. The number of fused-ring (bicyclic) bond motifs is 1. The van der Waals surface area contributed by atoms with Crippen LogP contribution in [0.2, 0.25) is 0 Å². The second kappa shape index (κ2) is 12.3. The van der Waals surface area contributed by atoms with Gasteiger partial charge in [-0.1, -0.05) is 12.1 Å². The first kappa shape index (κ1) is 26.7. The Morgan fingerprint density at radius 1 is 0.923 bits per heavy atom. The van der Waals surface area contributed by atoms with E-state index in [-0.39, 0.29) is 44.1 Å². The van der Waals surface area contributed by atoms with Crippen LogP contribution in [-0.2, 0) is 22.6 Å². The van der Waals surface area contributed by atoms with Crippen molar-refractivity contribution in [2.45, 2.75) is 20.0 Å². The van der Waals surface area contributed by atoms with Crippen molar-refractivity contribution < 1.29 is 32.6 Å². The maximum atomic E-state index is 13.7. The smallest absolute Gasteiger partial charge is 0.254 e. The van der Waals surface area contributed by atoms with Crippen molar-refractivity contribution in [2.24, 2.45) is 0 Å². The number of benzene rings is 2. The third-order valence-corrected chi connectivity index (χ3v) is 6.80. The van der Waals surface area contributed by atoms with E-state index < -0.39 is 0 Å². The summed E-state index contributed by atoms with van der Waals surface area (Å²) in [4.78, 5) is 32.8. The molecule has 2 aliphatic heterocycles. The highest BCUT2D eigenvalue weighted by Crippen LogP contribution is 2.32. The number of amides is 2. The molecule has 0 spiro atoms. The molecule has 0 radical (unpaired) electrons. The van der Waals surface area contributed by atoms with E-state index in [9.17, 15) is 14.0 Å². The van der Waals surface area contributed by atoms with Gasteiger partial charge in [0.15, 0.2) is 11.5 Å². The molecule has 2 aliphatic rings. The number of furan rings is 1. The van der Waals surface area contributed by atoms with Crippen LogP contribution in [0, 0.1) is 12.7 Å². The number of morpholine rings is 1. The predicted octanol–water partition coefficient (Wildman–Crippen LogP) is 3.46. The highest BCUT2D eigenvalue weighted by Gasteiger charge is 2.26. The third-order valence-electron chi connectivity index (χ3n) is 6.80. The van der Waals surface area contributed by atoms with E-state index in [1.165, 1.54) is 12.1 Å². The lowest BCUT2D eigenvalue weighted by atomic mass is 10.1. The van der Waals surface area contributed by atoms with Crippen LogP contribution < -0.4 is 9.47 Å². The molecule has 9 nitrogen and oxygen atoms in total. The standard InChI is InChI=1S/C29H32FN3O6/c1-21-2-8-25(39-21)18-33(17-22-3-6-24(30)7-4-22)28(34)19-32(11-10-31-12-14-36-15-13-31)29(35)23-5-9-26-27(16-23)38-20-37-26/h2-9,16H,10-15,17-20H2,1H3. The minimum Gasteiger partial charge on any atom is -0.464 e. The summed E-state index contributed by atoms with van der Waals surface area (Å²) in [6, 6.07) is 14.7. The molecule has 3 heterocycles. The Kier molecular flexibility index (Phi) is 8.43. The molecule has 5 rings (SSSR count). The van der Waals surface area contributed by atoms with E-state index in [0.717, 1.165) is 24.4 Å². The number of hydrogen-bond acceptors (Lipinski definition) is 7. The summed E-state index contributed by atoms with van der Waals surface area (Å²) in [6.07, 6.45) is 0. The van der Waals surface area contributed by atoms with E-state index in [2.05, 4.69) is 4.90 Å². The van der Waals surface area contributed by atoms with Crippen molar-refractivity contribution in [2.75, 3.05) is 52.7 Å². The molecule has 0 saturated carbocycles. The molecule has 3 aromatic rings. The van der Waals surface area contributed by atoms with Gasteiger partial charge < -0.3 is 28.4 Å². The number of halogens is 1. The van der Waals surface area contributed by atoms with Gasteiger partial charge in [-0.2, -0.15) is 0 Å². The predicted molar refractivity (Wildman–Crippen MR) is 140 cm³/mol. The maximum Gasteiger partial charge on any atom is 0.254 e. The molecule has 206 valence electrons. The lowest BCUT2D eigenvalue weighted by Crippen LogP contribution is -2.47. The molecule has 0 N–H and O–H groups in total. The van der Waals surface area contributed by atoms with E-state index in [0.29, 0.717) is 49.1 Å². The van der Waals surface area contributed by atoms with Gasteiger partial charge in [0.05, 0.1) is 19.8 Å². The molecule has 0 atom stereocenters. The zero-order valence-corrected chi connectivity index (χ0v) is 21.9. The highest BCUT2D eigenvalue weighted by atomic mass is 19.1. The maximum absolute atomic E-state index is 13.7. The van der Waals surface area contributed by atoms with Gasteiger partial charge in [-0.3, -0.25) is 14.5 Å². The Morgan fingerprint density at radius 3 is 2.44 bits per heavy atom. The van der Waals surface area contributed by atoms with Crippen LogP contribution in [0.1, 0.15) is 27.4 Å². The fourth-order valence-corrected chi connectivity index (χ4v) is 4.62. The average Bonchev–Trinajstić information content (AvgIpc) is 3.60. The van der Waals surface area contributed by atoms with Crippen LogP contribution in [0.4, 0.5) is 4.39 Å². The quantitative estimate of drug-likeness (QED) is 0.392. The zero-order chi connectivity index (χ0) is 27.2. The second-order valence-corrected chi connectivity index (χ2v) is 9.64. The van der Waals surface area contributed by atoms with Gasteiger partial charge in [0.25, 0.3) is 5.91 Å². The number of carbonyl (C=O) groups excluding carboxylic acids is 2. The SMILES string of the molecule is Cc1ccc(CN(Cc2ccc(F)cc2)C(=O)CN(CCN2CCOCC2)C(=O)c2ccc3c(c2)OCO3)o1. The largest absolute Gasteiger partial charge is 0.464 e. The molecular weight excluding hydrogens is 505 g/mol. The van der Waals surface area contributed by atoms with Crippen LogP contribution in [0.15, 0.2) is 59.0 Å². The number of carbonyl (C=O) groups is 2. The minimum atomic E-state index is -0.345. The molecule has 1 saturated heterocycles. The highest BCUT2D eigenvalue weighted by molar-refractivity contribution is 5.97. The van der Waals surface area contributed by atoms with Crippen molar-refractivity contribution in [3.63, 3.8) is 0 Å². The van der Waals surface area contributed by atoms with Crippen molar-refractivity contribution >= 4 is 11.8 Å². The van der Waals surface area contributed by atoms with E-state index >= 15 is 0 Å². The Hall–Kier alpha value is -3.89. The molecule has 1 aromatic heterocycles. The Morgan fingerprint density at radius 2 is 1.69 bits per heavy atom. The van der Waals surface area contributed by atoms with Crippen LogP contribution in [-0.4, -0.2) is 79.2 Å². The average molecular weight is 538 g/mol. The Bertz CT molecular complexity index is 1290. The number of aryl methyl sites for hydroxylation is 1. The van der Waals surface area contributed by atoms with Gasteiger partial charge in [-0.25, -0.2) is 4.39 Å². The molecule has 2 aromatic carbocycles. The van der Waals surface area contributed by atoms with Crippen LogP contribution in [0.5, 0.6) is 11.5 Å².